The first kappa shape index (κ1) is 12.6. The van der Waals surface area contributed by atoms with Crippen LogP contribution in [-0.2, 0) is 4.79 Å². The largest absolute Gasteiger partial charge is 0.356 e. The van der Waals surface area contributed by atoms with Crippen molar-refractivity contribution in [1.82, 2.24) is 10.3 Å². The number of nitrogens with one attached hydrogen (secondary N) is 1. The molecule has 1 N–H and O–H groups in total. The monoisotopic (exact) mass is 242 g/mol. The Kier molecular flexibility index (Phi) is 4.92. The smallest absolute Gasteiger partial charge is 0.216 e. The lowest BCUT2D eigenvalue weighted by molar-refractivity contribution is -0.118. The summed E-state index contributed by atoms with van der Waals surface area (Å²) in [7, 11) is 0. The molecule has 1 aromatic rings. The Morgan fingerprint density at radius 2 is 2.44 bits per heavy atom. The van der Waals surface area contributed by atoms with Gasteiger partial charge in [-0.15, -0.1) is 0 Å². The maximum atomic E-state index is 13.2. The highest BCUT2D eigenvalue weighted by Gasteiger charge is 1.99. The molecule has 0 saturated heterocycles. The topological polar surface area (TPSA) is 42.0 Å². The van der Waals surface area contributed by atoms with Gasteiger partial charge in [0, 0.05) is 19.0 Å². The van der Waals surface area contributed by atoms with Gasteiger partial charge in [0.15, 0.2) is 0 Å². The molecule has 0 spiro atoms. The fourth-order valence-electron chi connectivity index (χ4n) is 1.10. The average Bonchev–Trinajstić information content (AvgIpc) is 2.22. The van der Waals surface area contributed by atoms with E-state index < -0.39 is 5.82 Å². The molecule has 1 amide bonds. The molecule has 0 atom stereocenters. The van der Waals surface area contributed by atoms with E-state index in [9.17, 15) is 9.18 Å². The molecule has 1 rings (SSSR count). The van der Waals surface area contributed by atoms with Crippen LogP contribution in [0.2, 0.25) is 5.15 Å². The standard InChI is InChI=1S/C11H12ClFN2O/c1-8(16)14-5-3-2-4-9-6-11(12)15-7-10(9)13/h2,4,6-7H,3,5H2,1H3,(H,14,16). The molecule has 0 aliphatic carbocycles. The summed E-state index contributed by atoms with van der Waals surface area (Å²) in [5.74, 6) is -0.494. The lowest BCUT2D eigenvalue weighted by Crippen LogP contribution is -2.20. The first-order valence-electron chi connectivity index (χ1n) is 4.81. The van der Waals surface area contributed by atoms with Gasteiger partial charge >= 0.3 is 0 Å². The second-order valence-corrected chi connectivity index (χ2v) is 3.59. The molecule has 0 aromatic carbocycles. The summed E-state index contributed by atoms with van der Waals surface area (Å²) in [6.45, 7) is 1.98. The van der Waals surface area contributed by atoms with E-state index in [-0.39, 0.29) is 11.1 Å². The Labute approximate surface area is 98.3 Å². The quantitative estimate of drug-likeness (QED) is 0.651. The summed E-state index contributed by atoms with van der Waals surface area (Å²) in [6, 6.07) is 1.45. The van der Waals surface area contributed by atoms with Crippen molar-refractivity contribution in [3.63, 3.8) is 0 Å². The third kappa shape index (κ3) is 4.40. The lowest BCUT2D eigenvalue weighted by Gasteiger charge is -1.98. The van der Waals surface area contributed by atoms with Crippen LogP contribution in [0.1, 0.15) is 18.9 Å². The summed E-state index contributed by atoms with van der Waals surface area (Å²) < 4.78 is 13.2. The van der Waals surface area contributed by atoms with Crippen molar-refractivity contribution in [3.05, 3.63) is 34.9 Å². The van der Waals surface area contributed by atoms with Crippen LogP contribution in [0.25, 0.3) is 6.08 Å². The molecule has 16 heavy (non-hydrogen) atoms. The van der Waals surface area contributed by atoms with Gasteiger partial charge in [-0.05, 0) is 12.5 Å². The van der Waals surface area contributed by atoms with Crippen LogP contribution < -0.4 is 5.32 Å². The van der Waals surface area contributed by atoms with Gasteiger partial charge in [-0.25, -0.2) is 9.37 Å². The third-order valence-electron chi connectivity index (χ3n) is 1.83. The predicted molar refractivity (Wildman–Crippen MR) is 61.5 cm³/mol. The van der Waals surface area contributed by atoms with Gasteiger partial charge < -0.3 is 5.32 Å². The number of hydrogen-bond donors (Lipinski definition) is 1. The van der Waals surface area contributed by atoms with Crippen molar-refractivity contribution in [2.45, 2.75) is 13.3 Å². The van der Waals surface area contributed by atoms with Crippen LogP contribution in [0.4, 0.5) is 4.39 Å². The Balaban J connectivity index is 2.49. The molecule has 0 saturated carbocycles. The predicted octanol–water partition coefficient (Wildman–Crippen LogP) is 2.41. The van der Waals surface area contributed by atoms with Gasteiger partial charge in [-0.3, -0.25) is 4.79 Å². The Morgan fingerprint density at radius 3 is 3.12 bits per heavy atom. The zero-order valence-electron chi connectivity index (χ0n) is 8.84. The molecule has 1 heterocycles. The highest BCUT2D eigenvalue weighted by atomic mass is 35.5. The zero-order chi connectivity index (χ0) is 12.0. The van der Waals surface area contributed by atoms with E-state index in [0.29, 0.717) is 18.5 Å². The molecule has 0 fully saturated rings. The van der Waals surface area contributed by atoms with Crippen LogP contribution in [0.5, 0.6) is 0 Å². The molecule has 86 valence electrons. The fraction of sp³-hybridized carbons (Fsp3) is 0.273. The Bertz CT molecular complexity index is 407. The minimum absolute atomic E-state index is 0.0773. The number of nitrogens with zero attached hydrogens (tertiary/aromatic N) is 1. The average molecular weight is 243 g/mol. The number of aromatic nitrogens is 1. The summed E-state index contributed by atoms with van der Waals surface area (Å²) in [6.07, 6.45) is 5.10. The van der Waals surface area contributed by atoms with Crippen molar-refractivity contribution >= 4 is 23.6 Å². The fourth-order valence-corrected chi connectivity index (χ4v) is 1.26. The number of carbonyl (C=O) groups is 1. The van der Waals surface area contributed by atoms with Crippen molar-refractivity contribution in [2.24, 2.45) is 0 Å². The van der Waals surface area contributed by atoms with Gasteiger partial charge in [0.2, 0.25) is 5.91 Å². The van der Waals surface area contributed by atoms with Gasteiger partial charge in [0.25, 0.3) is 0 Å². The Morgan fingerprint density at radius 1 is 1.69 bits per heavy atom. The third-order valence-corrected chi connectivity index (χ3v) is 2.04. The van der Waals surface area contributed by atoms with Crippen LogP contribution >= 0.6 is 11.6 Å². The van der Waals surface area contributed by atoms with E-state index >= 15 is 0 Å². The number of hydrogen-bond acceptors (Lipinski definition) is 2. The number of halogens is 2. The normalized spacial score (nSPS) is 10.7. The zero-order valence-corrected chi connectivity index (χ0v) is 9.59. The number of amides is 1. The molecule has 5 heteroatoms. The molecule has 3 nitrogen and oxygen atoms in total. The first-order valence-corrected chi connectivity index (χ1v) is 5.19. The van der Waals surface area contributed by atoms with Crippen LogP contribution in [0.15, 0.2) is 18.3 Å². The van der Waals surface area contributed by atoms with Crippen molar-refractivity contribution < 1.29 is 9.18 Å². The molecular weight excluding hydrogens is 231 g/mol. The molecule has 0 unspecified atom stereocenters. The van der Waals surface area contributed by atoms with E-state index in [1.54, 1.807) is 12.2 Å². The minimum Gasteiger partial charge on any atom is -0.356 e. The lowest BCUT2D eigenvalue weighted by atomic mass is 10.2. The molecular formula is C11H12ClFN2O. The summed E-state index contributed by atoms with van der Waals surface area (Å²) in [4.78, 5) is 14.2. The van der Waals surface area contributed by atoms with E-state index in [1.165, 1.54) is 13.0 Å². The van der Waals surface area contributed by atoms with Gasteiger partial charge in [-0.1, -0.05) is 23.8 Å². The number of rotatable bonds is 4. The maximum absolute atomic E-state index is 13.2. The second-order valence-electron chi connectivity index (χ2n) is 3.20. The Hall–Kier alpha value is -1.42. The van der Waals surface area contributed by atoms with Crippen LogP contribution in [0.3, 0.4) is 0 Å². The van der Waals surface area contributed by atoms with Gasteiger partial charge in [0.05, 0.1) is 6.20 Å². The van der Waals surface area contributed by atoms with Crippen molar-refractivity contribution in [2.75, 3.05) is 6.54 Å². The molecule has 0 radical (unpaired) electrons. The van der Waals surface area contributed by atoms with Crippen molar-refractivity contribution in [1.29, 1.82) is 0 Å². The van der Waals surface area contributed by atoms with E-state index in [4.69, 9.17) is 11.6 Å². The maximum Gasteiger partial charge on any atom is 0.216 e. The van der Waals surface area contributed by atoms with Crippen LogP contribution in [0, 0.1) is 5.82 Å². The van der Waals surface area contributed by atoms with Crippen LogP contribution in [-0.4, -0.2) is 17.4 Å². The number of pyridine rings is 1. The number of carbonyl (C=O) groups excluding carboxylic acids is 1. The van der Waals surface area contributed by atoms with E-state index in [0.717, 1.165) is 6.20 Å². The minimum atomic E-state index is -0.417. The summed E-state index contributed by atoms with van der Waals surface area (Å²) >= 11 is 5.63. The van der Waals surface area contributed by atoms with E-state index in [2.05, 4.69) is 10.3 Å². The SMILES string of the molecule is CC(=O)NCCC=Cc1cc(Cl)ncc1F. The summed E-state index contributed by atoms with van der Waals surface area (Å²) in [5.41, 5.74) is 0.392. The highest BCUT2D eigenvalue weighted by molar-refractivity contribution is 6.29. The molecule has 0 aliphatic heterocycles. The van der Waals surface area contributed by atoms with E-state index in [1.807, 2.05) is 0 Å². The first-order chi connectivity index (χ1) is 7.59. The van der Waals surface area contributed by atoms with Crippen molar-refractivity contribution in [3.8, 4) is 0 Å². The van der Waals surface area contributed by atoms with Gasteiger partial charge in [-0.2, -0.15) is 0 Å². The van der Waals surface area contributed by atoms with Gasteiger partial charge in [0.1, 0.15) is 11.0 Å². The molecule has 1 aromatic heterocycles. The summed E-state index contributed by atoms with van der Waals surface area (Å²) in [5, 5.41) is 2.89. The highest BCUT2D eigenvalue weighted by Crippen LogP contribution is 2.13. The molecule has 0 aliphatic rings. The second kappa shape index (κ2) is 6.23. The molecule has 0 bridgehead atoms.